The van der Waals surface area contributed by atoms with Gasteiger partial charge in [-0.1, -0.05) is 159 Å². The predicted octanol–water partition coefficient (Wildman–Crippen LogP) is 17.9. The van der Waals surface area contributed by atoms with Crippen LogP contribution >= 0.6 is 11.3 Å². The van der Waals surface area contributed by atoms with Crippen LogP contribution in [0.25, 0.3) is 91.9 Å². The van der Waals surface area contributed by atoms with Crippen molar-refractivity contribution in [2.24, 2.45) is 0 Å². The second-order valence-corrected chi connectivity index (χ2v) is 18.5. The zero-order valence-electron chi connectivity index (χ0n) is 35.4. The number of para-hydroxylation sites is 2. The van der Waals surface area contributed by atoms with E-state index in [1.54, 1.807) is 0 Å². The van der Waals surface area contributed by atoms with E-state index in [0.717, 1.165) is 50.2 Å². The number of furan rings is 1. The van der Waals surface area contributed by atoms with Crippen LogP contribution in [0.1, 0.15) is 43.6 Å². The van der Waals surface area contributed by atoms with Gasteiger partial charge in [0, 0.05) is 43.3 Å². The summed E-state index contributed by atoms with van der Waals surface area (Å²) in [7, 11) is 0. The van der Waals surface area contributed by atoms with E-state index < -0.39 is 0 Å². The Morgan fingerprint density at radius 3 is 1.92 bits per heavy atom. The Balaban J connectivity index is 0.997. The van der Waals surface area contributed by atoms with E-state index in [9.17, 15) is 0 Å². The predicted molar refractivity (Wildman–Crippen MR) is 272 cm³/mol. The van der Waals surface area contributed by atoms with Crippen molar-refractivity contribution in [2.75, 3.05) is 4.90 Å². The number of fused-ring (bicyclic) bond motifs is 9. The van der Waals surface area contributed by atoms with Gasteiger partial charge in [0.15, 0.2) is 0 Å². The number of anilines is 3. The Hall–Kier alpha value is -7.40. The number of thiophene rings is 1. The maximum atomic E-state index is 6.68. The third-order valence-electron chi connectivity index (χ3n) is 13.8. The first-order valence-corrected chi connectivity index (χ1v) is 23.5. The largest absolute Gasteiger partial charge is 0.439 e. The summed E-state index contributed by atoms with van der Waals surface area (Å²) in [6, 6.07) is 73.4. The topological polar surface area (TPSA) is 21.3 Å². The molecule has 0 aliphatic heterocycles. The first-order chi connectivity index (χ1) is 31.8. The Kier molecular flexibility index (Phi) is 8.80. The molecule has 9 aromatic carbocycles. The van der Waals surface area contributed by atoms with Crippen molar-refractivity contribution in [3.63, 3.8) is 0 Å². The van der Waals surface area contributed by atoms with Crippen LogP contribution in [-0.2, 0) is 0 Å². The molecule has 0 N–H and O–H groups in total. The van der Waals surface area contributed by atoms with Crippen molar-refractivity contribution in [1.29, 1.82) is 0 Å². The molecule has 13 rings (SSSR count). The highest BCUT2D eigenvalue weighted by atomic mass is 32.1. The number of aromatic nitrogens is 1. The van der Waals surface area contributed by atoms with Crippen LogP contribution < -0.4 is 4.90 Å². The Morgan fingerprint density at radius 2 is 1.12 bits per heavy atom. The van der Waals surface area contributed by atoms with Crippen LogP contribution in [0.5, 0.6) is 0 Å². The summed E-state index contributed by atoms with van der Waals surface area (Å²) in [5, 5.41) is 8.81. The van der Waals surface area contributed by atoms with Gasteiger partial charge < -0.3 is 9.32 Å². The lowest BCUT2D eigenvalue weighted by Crippen LogP contribution is -2.11. The molecule has 64 heavy (non-hydrogen) atoms. The maximum absolute atomic E-state index is 6.68. The smallest absolute Gasteiger partial charge is 0.213 e. The molecule has 1 saturated carbocycles. The first kappa shape index (κ1) is 37.2. The number of hydrogen-bond donors (Lipinski definition) is 0. The van der Waals surface area contributed by atoms with E-state index in [-0.39, 0.29) is 0 Å². The molecule has 3 nitrogen and oxygen atoms in total. The second kappa shape index (κ2) is 15.1. The number of nitrogens with zero attached hydrogens (tertiary/aromatic N) is 2. The molecule has 12 aromatic rings. The molecule has 0 amide bonds. The van der Waals surface area contributed by atoms with Crippen molar-refractivity contribution in [2.45, 2.75) is 38.0 Å². The summed E-state index contributed by atoms with van der Waals surface area (Å²) in [6.07, 6.45) is 6.50. The van der Waals surface area contributed by atoms with E-state index in [1.807, 2.05) is 11.3 Å². The molecule has 0 radical (unpaired) electrons. The lowest BCUT2D eigenvalue weighted by molar-refractivity contribution is 0.445. The van der Waals surface area contributed by atoms with Crippen LogP contribution in [0.15, 0.2) is 205 Å². The van der Waals surface area contributed by atoms with Gasteiger partial charge in [0.05, 0.1) is 21.3 Å². The van der Waals surface area contributed by atoms with E-state index in [4.69, 9.17) is 4.42 Å². The molecule has 0 saturated heterocycles. The molecular weight excluding hydrogens is 797 g/mol. The van der Waals surface area contributed by atoms with Crippen molar-refractivity contribution in [1.82, 2.24) is 4.57 Å². The normalized spacial score (nSPS) is 13.6. The van der Waals surface area contributed by atoms with E-state index in [0.29, 0.717) is 5.92 Å². The van der Waals surface area contributed by atoms with Crippen molar-refractivity contribution >= 4 is 92.3 Å². The summed E-state index contributed by atoms with van der Waals surface area (Å²) in [5.74, 6) is 0.592. The fourth-order valence-electron chi connectivity index (χ4n) is 10.9. The molecule has 0 spiro atoms. The van der Waals surface area contributed by atoms with Gasteiger partial charge >= 0.3 is 0 Å². The van der Waals surface area contributed by atoms with E-state index in [1.165, 1.54) is 96.4 Å². The molecule has 4 heteroatoms. The minimum atomic E-state index is 0.592. The third kappa shape index (κ3) is 5.93. The number of rotatable bonds is 7. The minimum absolute atomic E-state index is 0.592. The monoisotopic (exact) mass is 840 g/mol. The molecule has 0 unspecified atom stereocenters. The molecular formula is C60H44N2OS. The highest BCUT2D eigenvalue weighted by Crippen LogP contribution is 2.50. The van der Waals surface area contributed by atoms with E-state index in [2.05, 4.69) is 210 Å². The Labute approximate surface area is 376 Å². The van der Waals surface area contributed by atoms with Gasteiger partial charge in [-0.2, -0.15) is 0 Å². The number of hydrogen-bond acceptors (Lipinski definition) is 3. The molecule has 306 valence electrons. The molecule has 1 aliphatic rings. The standard InChI is InChI=1S/C60H44N2OS/c1-3-15-40(16-4-1)49-37-38-53(59-56(49)51-23-10-12-28-55(51)64-59)61(44-33-29-41(30-34-44)47-24-13-18-39-17-7-8-21-46(39)47)45-35-31-42(32-36-45)48-25-14-26-52-57(48)58-50-22-9-11-27-54(50)63-60(58)62(52)43-19-5-2-6-20-43/h2,5-14,17-38,40H,1,3-4,15-16H2. The van der Waals surface area contributed by atoms with Crippen LogP contribution in [0.2, 0.25) is 0 Å². The quantitative estimate of drug-likeness (QED) is 0.159. The van der Waals surface area contributed by atoms with Crippen LogP contribution in [-0.4, -0.2) is 4.57 Å². The summed E-state index contributed by atoms with van der Waals surface area (Å²) in [5.41, 5.74) is 13.8. The van der Waals surface area contributed by atoms with Gasteiger partial charge in [0.25, 0.3) is 0 Å². The Morgan fingerprint density at radius 1 is 0.484 bits per heavy atom. The molecule has 0 bridgehead atoms. The minimum Gasteiger partial charge on any atom is -0.439 e. The van der Waals surface area contributed by atoms with Crippen molar-refractivity contribution < 1.29 is 4.42 Å². The van der Waals surface area contributed by atoms with Gasteiger partial charge in [-0.05, 0) is 118 Å². The first-order valence-electron chi connectivity index (χ1n) is 22.7. The molecule has 1 aliphatic carbocycles. The van der Waals surface area contributed by atoms with Crippen LogP contribution in [0.4, 0.5) is 17.1 Å². The lowest BCUT2D eigenvalue weighted by atomic mass is 9.82. The maximum Gasteiger partial charge on any atom is 0.213 e. The summed E-state index contributed by atoms with van der Waals surface area (Å²) < 4.78 is 11.7. The summed E-state index contributed by atoms with van der Waals surface area (Å²) in [6.45, 7) is 0. The van der Waals surface area contributed by atoms with Gasteiger partial charge in [0.2, 0.25) is 5.71 Å². The highest BCUT2D eigenvalue weighted by molar-refractivity contribution is 7.26. The summed E-state index contributed by atoms with van der Waals surface area (Å²) in [4.78, 5) is 2.49. The van der Waals surface area contributed by atoms with Crippen LogP contribution in [0.3, 0.4) is 0 Å². The Bertz CT molecular complexity index is 3690. The van der Waals surface area contributed by atoms with Gasteiger partial charge in [0.1, 0.15) is 5.58 Å². The molecule has 1 fully saturated rings. The van der Waals surface area contributed by atoms with Crippen molar-refractivity contribution in [3.8, 4) is 27.9 Å². The fraction of sp³-hybridized carbons (Fsp3) is 0.100. The van der Waals surface area contributed by atoms with Crippen LogP contribution in [0, 0.1) is 0 Å². The molecule has 3 heterocycles. The molecule has 0 atom stereocenters. The van der Waals surface area contributed by atoms with E-state index >= 15 is 0 Å². The SMILES string of the molecule is c1ccc(-n2c3cccc(-c4ccc(N(c5ccc(-c6cccc7ccccc67)cc5)c5ccc(C6CCCCC6)c6c5sc5ccccc56)cc4)c3c3c4ccccc4oc32)cc1. The average molecular weight is 841 g/mol. The van der Waals surface area contributed by atoms with Gasteiger partial charge in [-0.3, -0.25) is 4.57 Å². The zero-order valence-corrected chi connectivity index (χ0v) is 36.2. The molecule has 3 aromatic heterocycles. The fourth-order valence-corrected chi connectivity index (χ4v) is 12.1. The highest BCUT2D eigenvalue weighted by Gasteiger charge is 2.26. The zero-order chi connectivity index (χ0) is 42.1. The number of benzene rings is 9. The lowest BCUT2D eigenvalue weighted by Gasteiger charge is -2.28. The average Bonchev–Trinajstić information content (AvgIpc) is 4.04. The second-order valence-electron chi connectivity index (χ2n) is 17.4. The van der Waals surface area contributed by atoms with Gasteiger partial charge in [-0.15, -0.1) is 11.3 Å². The van der Waals surface area contributed by atoms with Gasteiger partial charge in [-0.25, -0.2) is 0 Å². The summed E-state index contributed by atoms with van der Waals surface area (Å²) >= 11 is 1.94. The third-order valence-corrected chi connectivity index (χ3v) is 15.0. The van der Waals surface area contributed by atoms with Crippen molar-refractivity contribution in [3.05, 3.63) is 206 Å².